The van der Waals surface area contributed by atoms with Crippen LogP contribution in [0, 0.1) is 6.92 Å². The number of nitrogens with zero attached hydrogens (tertiary/aromatic N) is 2. The topological polar surface area (TPSA) is 111 Å². The minimum atomic E-state index is -4.27. The van der Waals surface area contributed by atoms with Crippen LogP contribution in [0.25, 0.3) is 0 Å². The van der Waals surface area contributed by atoms with Crippen LogP contribution in [-0.2, 0) is 34.2 Å². The summed E-state index contributed by atoms with van der Waals surface area (Å²) in [6.07, 6.45) is 7.11. The van der Waals surface area contributed by atoms with E-state index in [9.17, 15) is 13.0 Å². The fourth-order valence-electron chi connectivity index (χ4n) is 4.75. The van der Waals surface area contributed by atoms with Crippen molar-refractivity contribution in [3.05, 3.63) is 163 Å². The molecule has 0 bridgehead atoms. The van der Waals surface area contributed by atoms with Gasteiger partial charge in [0, 0.05) is 24.8 Å². The summed E-state index contributed by atoms with van der Waals surface area (Å²) in [4.78, 5) is 11.6. The molecule has 2 heterocycles. The number of rotatable bonds is 11. The summed E-state index contributed by atoms with van der Waals surface area (Å²) in [6.45, 7) is 9.00. The van der Waals surface area contributed by atoms with E-state index in [-0.39, 0.29) is 21.4 Å². The molecule has 2 aromatic heterocycles. The maximum Gasteiger partial charge on any atom is 0.166 e. The van der Waals surface area contributed by atoms with Crippen LogP contribution in [0.3, 0.4) is 0 Å². The maximum absolute atomic E-state index is 10.4. The van der Waals surface area contributed by atoms with Gasteiger partial charge in [-0.15, -0.1) is 0 Å². The standard InChI is InChI=1S/C34H33N2O3S.C7H8O3S/c1-34(2,3)39-30-8-14-33(15-9-30)40(31-10-4-28(5-11-31)37-24-26-16-20-35-21-17-26)32-12-6-29(7-13-32)38-25-27-18-22-36-23-19-27;1-6-2-4-7(5-3-6)11(8,9)10/h4-23H,24-25H2,1-3H3;2-5H,1H3,(H,8,9,10)/q+1;/p-1. The largest absolute Gasteiger partial charge is 0.744 e. The number of ether oxygens (including phenoxy) is 3. The number of pyridine rings is 2. The SMILES string of the molecule is CC(C)(C)Oc1ccc([S+](c2ccc(OCc3ccncc3)cc2)c2ccc(OCc3ccncc3)cc2)cc1.Cc1ccc(S(=O)(=O)[O-])cc1. The highest BCUT2D eigenvalue weighted by Gasteiger charge is 2.29. The second-order valence-electron chi connectivity index (χ2n) is 12.5. The molecule has 0 aliphatic carbocycles. The number of benzene rings is 4. The maximum atomic E-state index is 10.4. The molecule has 0 N–H and O–H groups in total. The zero-order valence-corrected chi connectivity index (χ0v) is 30.6. The van der Waals surface area contributed by atoms with Crippen molar-refractivity contribution in [3.8, 4) is 17.2 Å². The van der Waals surface area contributed by atoms with Crippen molar-refractivity contribution < 1.29 is 27.2 Å². The van der Waals surface area contributed by atoms with Gasteiger partial charge in [0.1, 0.15) is 46.2 Å². The van der Waals surface area contributed by atoms with Crippen molar-refractivity contribution in [3.63, 3.8) is 0 Å². The lowest BCUT2D eigenvalue weighted by molar-refractivity contribution is 0.131. The normalized spacial score (nSPS) is 11.3. The third-order valence-corrected chi connectivity index (χ3v) is 10.3. The summed E-state index contributed by atoms with van der Waals surface area (Å²) in [6, 6.07) is 38.8. The van der Waals surface area contributed by atoms with Gasteiger partial charge >= 0.3 is 0 Å². The summed E-state index contributed by atoms with van der Waals surface area (Å²) in [5.74, 6) is 2.52. The Morgan fingerprint density at radius 1 is 0.569 bits per heavy atom. The molecule has 0 saturated carbocycles. The van der Waals surface area contributed by atoms with Crippen LogP contribution in [0.5, 0.6) is 17.2 Å². The first-order valence-electron chi connectivity index (χ1n) is 16.2. The summed E-state index contributed by atoms with van der Waals surface area (Å²) >= 11 is 0. The van der Waals surface area contributed by atoms with Gasteiger partial charge in [-0.25, -0.2) is 8.42 Å². The number of hydrogen-bond acceptors (Lipinski definition) is 8. The van der Waals surface area contributed by atoms with Crippen LogP contribution >= 0.6 is 0 Å². The molecule has 0 aliphatic heterocycles. The number of hydrogen-bond donors (Lipinski definition) is 0. The predicted octanol–water partition coefficient (Wildman–Crippen LogP) is 8.81. The third-order valence-electron chi connectivity index (χ3n) is 7.22. The fourth-order valence-corrected chi connectivity index (χ4v) is 7.26. The van der Waals surface area contributed by atoms with Crippen molar-refractivity contribution in [1.29, 1.82) is 0 Å². The van der Waals surface area contributed by atoms with Gasteiger partial charge in [0.25, 0.3) is 0 Å². The highest BCUT2D eigenvalue weighted by atomic mass is 32.2. The molecule has 51 heavy (non-hydrogen) atoms. The Labute approximate surface area is 303 Å². The molecule has 0 spiro atoms. The molecule has 0 aliphatic rings. The van der Waals surface area contributed by atoms with Gasteiger partial charge in [-0.1, -0.05) is 17.7 Å². The first kappa shape index (κ1) is 37.1. The molecule has 0 atom stereocenters. The Hall–Kier alpha value is -5.16. The van der Waals surface area contributed by atoms with E-state index in [4.69, 9.17) is 14.2 Å². The first-order valence-corrected chi connectivity index (χ1v) is 18.9. The molecule has 6 rings (SSSR count). The Morgan fingerprint density at radius 2 is 0.941 bits per heavy atom. The molecular weight excluding hydrogens is 681 g/mol. The van der Waals surface area contributed by atoms with Crippen molar-refractivity contribution in [2.24, 2.45) is 0 Å². The van der Waals surface area contributed by atoms with E-state index in [0.717, 1.165) is 33.9 Å². The van der Waals surface area contributed by atoms with Gasteiger partial charge in [0.05, 0.1) is 15.8 Å². The molecule has 0 radical (unpaired) electrons. The Kier molecular flexibility index (Phi) is 12.5. The van der Waals surface area contributed by atoms with Crippen LogP contribution in [0.4, 0.5) is 0 Å². The van der Waals surface area contributed by atoms with Crippen LogP contribution in [0.1, 0.15) is 37.5 Å². The quantitative estimate of drug-likeness (QED) is 0.0965. The molecule has 8 nitrogen and oxygen atoms in total. The van der Waals surface area contributed by atoms with Crippen molar-refractivity contribution in [2.75, 3.05) is 0 Å². The summed E-state index contributed by atoms with van der Waals surface area (Å²) in [5.41, 5.74) is 2.85. The molecule has 0 fully saturated rings. The van der Waals surface area contributed by atoms with E-state index in [0.29, 0.717) is 13.2 Å². The summed E-state index contributed by atoms with van der Waals surface area (Å²) in [5, 5.41) is 0. The zero-order valence-electron chi connectivity index (χ0n) is 28.9. The smallest absolute Gasteiger partial charge is 0.166 e. The highest BCUT2D eigenvalue weighted by Crippen LogP contribution is 2.34. The first-order chi connectivity index (χ1) is 24.4. The van der Waals surface area contributed by atoms with Crippen LogP contribution in [0.15, 0.2) is 166 Å². The van der Waals surface area contributed by atoms with E-state index in [1.54, 1.807) is 36.9 Å². The highest BCUT2D eigenvalue weighted by molar-refractivity contribution is 7.97. The molecule has 0 amide bonds. The molecule has 4 aromatic carbocycles. The monoisotopic (exact) mass is 720 g/mol. The van der Waals surface area contributed by atoms with Crippen LogP contribution in [-0.4, -0.2) is 28.5 Å². The van der Waals surface area contributed by atoms with Gasteiger partial charge in [-0.3, -0.25) is 9.97 Å². The van der Waals surface area contributed by atoms with E-state index in [2.05, 4.69) is 79.3 Å². The Morgan fingerprint density at radius 3 is 1.29 bits per heavy atom. The zero-order chi connectivity index (χ0) is 36.3. The van der Waals surface area contributed by atoms with E-state index in [1.165, 1.54) is 26.8 Å². The molecular formula is C41H40N2O6S2. The Bertz CT molecular complexity index is 1970. The molecule has 10 heteroatoms. The van der Waals surface area contributed by atoms with Crippen molar-refractivity contribution in [1.82, 2.24) is 9.97 Å². The summed E-state index contributed by atoms with van der Waals surface area (Å²) in [7, 11) is -4.60. The minimum Gasteiger partial charge on any atom is -0.744 e. The van der Waals surface area contributed by atoms with E-state index < -0.39 is 10.1 Å². The lowest BCUT2D eigenvalue weighted by Gasteiger charge is -2.21. The lowest BCUT2D eigenvalue weighted by atomic mass is 10.2. The van der Waals surface area contributed by atoms with Gasteiger partial charge in [0.15, 0.2) is 14.7 Å². The van der Waals surface area contributed by atoms with Gasteiger partial charge < -0.3 is 18.8 Å². The van der Waals surface area contributed by atoms with Crippen molar-refractivity contribution in [2.45, 2.75) is 66.1 Å². The number of aromatic nitrogens is 2. The second kappa shape index (κ2) is 17.2. The number of aryl methyl sites for hydroxylation is 1. The predicted molar refractivity (Wildman–Crippen MR) is 198 cm³/mol. The molecule has 6 aromatic rings. The molecule has 262 valence electrons. The van der Waals surface area contributed by atoms with E-state index >= 15 is 0 Å². The van der Waals surface area contributed by atoms with Crippen molar-refractivity contribution >= 4 is 21.0 Å². The van der Waals surface area contributed by atoms with Gasteiger partial charge in [-0.05, 0) is 148 Å². The van der Waals surface area contributed by atoms with Crippen LogP contribution < -0.4 is 14.2 Å². The average Bonchev–Trinajstić information content (AvgIpc) is 3.12. The molecule has 0 unspecified atom stereocenters. The fraction of sp³-hybridized carbons (Fsp3) is 0.171. The van der Waals surface area contributed by atoms with Gasteiger partial charge in [-0.2, -0.15) is 0 Å². The average molecular weight is 721 g/mol. The lowest BCUT2D eigenvalue weighted by Crippen LogP contribution is -2.22. The van der Waals surface area contributed by atoms with Crippen LogP contribution in [0.2, 0.25) is 0 Å². The van der Waals surface area contributed by atoms with E-state index in [1.807, 2.05) is 55.5 Å². The third kappa shape index (κ3) is 11.7. The Balaban J connectivity index is 0.000000392. The summed E-state index contributed by atoms with van der Waals surface area (Å²) < 4.78 is 49.3. The van der Waals surface area contributed by atoms with Gasteiger partial charge in [0.2, 0.25) is 0 Å². The minimum absolute atomic E-state index is 0.178. The molecule has 0 saturated heterocycles. The second-order valence-corrected chi connectivity index (χ2v) is 15.9.